The number of carbonyl (C=O) groups is 1. The van der Waals surface area contributed by atoms with E-state index >= 15 is 0 Å². The van der Waals surface area contributed by atoms with Crippen molar-refractivity contribution in [3.8, 4) is 0 Å². The predicted octanol–water partition coefficient (Wildman–Crippen LogP) is 0.727. The number of ether oxygens (including phenoxy) is 2. The van der Waals surface area contributed by atoms with Crippen LogP contribution in [0.2, 0.25) is 0 Å². The Bertz CT molecular complexity index is 365. The third-order valence-corrected chi connectivity index (χ3v) is 4.73. The molecule has 0 aromatic rings. The van der Waals surface area contributed by atoms with Gasteiger partial charge in [-0.3, -0.25) is 4.79 Å². The summed E-state index contributed by atoms with van der Waals surface area (Å²) < 4.78 is 11.1. The van der Waals surface area contributed by atoms with Crippen LogP contribution < -0.4 is 5.73 Å². The van der Waals surface area contributed by atoms with Crippen molar-refractivity contribution in [3.63, 3.8) is 0 Å². The Kier molecular flexibility index (Phi) is 11.4. The second-order valence-electron chi connectivity index (χ2n) is 6.89. The summed E-state index contributed by atoms with van der Waals surface area (Å²) in [5.74, 6) is -0.161. The third kappa shape index (κ3) is 8.11. The smallest absolute Gasteiger partial charge is 0.163 e. The van der Waals surface area contributed by atoms with Gasteiger partial charge in [-0.2, -0.15) is 0 Å². The lowest BCUT2D eigenvalue weighted by atomic mass is 9.92. The number of nitrogens with two attached hydrogens (primary N) is 1. The van der Waals surface area contributed by atoms with E-state index in [-0.39, 0.29) is 12.4 Å². The quantitative estimate of drug-likeness (QED) is 0.357. The van der Waals surface area contributed by atoms with Gasteiger partial charge in [0.15, 0.2) is 6.29 Å². The van der Waals surface area contributed by atoms with Crippen molar-refractivity contribution >= 4 is 5.78 Å². The van der Waals surface area contributed by atoms with Crippen molar-refractivity contribution in [1.29, 1.82) is 0 Å². The van der Waals surface area contributed by atoms with Gasteiger partial charge in [-0.05, 0) is 25.8 Å². The molecule has 7 heteroatoms. The van der Waals surface area contributed by atoms with Crippen LogP contribution in [-0.2, 0) is 14.3 Å². The van der Waals surface area contributed by atoms with Gasteiger partial charge in [0.25, 0.3) is 0 Å². The Balaban J connectivity index is 2.12. The second kappa shape index (κ2) is 12.7. The summed E-state index contributed by atoms with van der Waals surface area (Å²) in [4.78, 5) is 11.8. The van der Waals surface area contributed by atoms with Gasteiger partial charge in [-0.25, -0.2) is 0 Å². The lowest BCUT2D eigenvalue weighted by molar-refractivity contribution is -0.282. The fourth-order valence-electron chi connectivity index (χ4n) is 3.00. The average Bonchev–Trinajstić information content (AvgIpc) is 2.61. The number of ketones is 1. The van der Waals surface area contributed by atoms with Crippen LogP contribution in [0.3, 0.4) is 0 Å². The Labute approximate surface area is 150 Å². The Morgan fingerprint density at radius 2 is 1.68 bits per heavy atom. The van der Waals surface area contributed by atoms with Crippen LogP contribution in [0.1, 0.15) is 58.3 Å². The van der Waals surface area contributed by atoms with E-state index in [1.165, 1.54) is 0 Å². The molecule has 5 unspecified atom stereocenters. The van der Waals surface area contributed by atoms with Gasteiger partial charge in [0.1, 0.15) is 18.0 Å². The minimum Gasteiger partial charge on any atom is -0.394 e. The van der Waals surface area contributed by atoms with Gasteiger partial charge >= 0.3 is 0 Å². The first kappa shape index (κ1) is 22.5. The van der Waals surface area contributed by atoms with Crippen LogP contribution in [0.15, 0.2) is 0 Å². The molecule has 0 bridgehead atoms. The molecule has 1 aliphatic heterocycles. The average molecular weight is 361 g/mol. The van der Waals surface area contributed by atoms with Crippen molar-refractivity contribution in [2.24, 2.45) is 11.7 Å². The number of Topliss-reactive ketones (excluding diaryl/α,β-unsaturated/α-hetero) is 1. The maximum absolute atomic E-state index is 11.8. The van der Waals surface area contributed by atoms with Crippen molar-refractivity contribution < 1.29 is 29.6 Å². The first-order valence-corrected chi connectivity index (χ1v) is 9.47. The highest BCUT2D eigenvalue weighted by Crippen LogP contribution is 2.26. The zero-order valence-electron chi connectivity index (χ0n) is 15.3. The van der Waals surface area contributed by atoms with Gasteiger partial charge in [0, 0.05) is 18.8 Å². The summed E-state index contributed by atoms with van der Waals surface area (Å²) in [5, 5.41) is 28.9. The zero-order valence-corrected chi connectivity index (χ0v) is 15.3. The number of hydrogen-bond acceptors (Lipinski definition) is 7. The molecule has 1 saturated heterocycles. The lowest BCUT2D eigenvalue weighted by Gasteiger charge is -2.40. The Morgan fingerprint density at radius 3 is 2.36 bits per heavy atom. The highest BCUT2D eigenvalue weighted by atomic mass is 16.7. The highest BCUT2D eigenvalue weighted by molar-refractivity contribution is 5.78. The number of aliphatic hydroxyl groups is 3. The molecule has 0 spiro atoms. The molecule has 7 nitrogen and oxygen atoms in total. The Hall–Kier alpha value is -0.570. The molecule has 0 aliphatic carbocycles. The molecule has 5 atom stereocenters. The van der Waals surface area contributed by atoms with Crippen LogP contribution in [0.25, 0.3) is 0 Å². The van der Waals surface area contributed by atoms with Gasteiger partial charge in [0.05, 0.1) is 19.3 Å². The molecular weight excluding hydrogens is 326 g/mol. The number of hydrogen-bond donors (Lipinski definition) is 4. The highest BCUT2D eigenvalue weighted by Gasteiger charge is 2.42. The predicted molar refractivity (Wildman–Crippen MR) is 93.9 cm³/mol. The number of unbranched alkanes of at least 4 members (excludes halogenated alkanes) is 4. The van der Waals surface area contributed by atoms with Gasteiger partial charge in [-0.15, -0.1) is 0 Å². The van der Waals surface area contributed by atoms with Gasteiger partial charge < -0.3 is 30.5 Å². The van der Waals surface area contributed by atoms with Crippen molar-refractivity contribution in [1.82, 2.24) is 0 Å². The van der Waals surface area contributed by atoms with E-state index in [1.807, 2.05) is 0 Å². The molecule has 148 valence electrons. The topological polar surface area (TPSA) is 122 Å². The maximum atomic E-state index is 11.8. The van der Waals surface area contributed by atoms with Crippen molar-refractivity contribution in [2.75, 3.05) is 19.8 Å². The van der Waals surface area contributed by atoms with E-state index in [0.717, 1.165) is 38.6 Å². The molecule has 0 amide bonds. The molecule has 5 N–H and O–H groups in total. The van der Waals surface area contributed by atoms with E-state index in [1.54, 1.807) is 6.92 Å². The van der Waals surface area contributed by atoms with E-state index in [4.69, 9.17) is 15.2 Å². The monoisotopic (exact) mass is 361 g/mol. The number of aliphatic hydroxyl groups excluding tert-OH is 3. The first-order chi connectivity index (χ1) is 12.0. The van der Waals surface area contributed by atoms with Gasteiger partial charge in [-0.1, -0.05) is 26.2 Å². The summed E-state index contributed by atoms with van der Waals surface area (Å²) in [7, 11) is 0. The van der Waals surface area contributed by atoms with E-state index in [0.29, 0.717) is 25.9 Å². The molecule has 25 heavy (non-hydrogen) atoms. The molecule has 1 heterocycles. The standard InChI is InChI=1S/C18H35NO6/c1-13-16(22)17(23)15(12-20)25-18(13)24-11-7-9-14(21)8-5-3-2-4-6-10-19/h13,15-18,20,22-23H,2-12,19H2,1H3. The second-order valence-corrected chi connectivity index (χ2v) is 6.89. The van der Waals surface area contributed by atoms with E-state index in [2.05, 4.69) is 0 Å². The van der Waals surface area contributed by atoms with Crippen molar-refractivity contribution in [3.05, 3.63) is 0 Å². The molecule has 1 aliphatic rings. The third-order valence-electron chi connectivity index (χ3n) is 4.73. The minimum absolute atomic E-state index is 0.240. The lowest BCUT2D eigenvalue weighted by Crippen LogP contribution is -2.55. The maximum Gasteiger partial charge on any atom is 0.163 e. The summed E-state index contributed by atoms with van der Waals surface area (Å²) in [6.45, 7) is 2.42. The van der Waals surface area contributed by atoms with Crippen LogP contribution in [-0.4, -0.2) is 65.5 Å². The molecule has 1 fully saturated rings. The van der Waals surface area contributed by atoms with Crippen molar-refractivity contribution in [2.45, 2.75) is 82.9 Å². The number of rotatable bonds is 13. The van der Waals surface area contributed by atoms with E-state index < -0.39 is 30.5 Å². The molecular formula is C18H35NO6. The number of carbonyl (C=O) groups excluding carboxylic acids is 1. The summed E-state index contributed by atoms with van der Waals surface area (Å²) in [6.07, 6.45) is 3.32. The summed E-state index contributed by atoms with van der Waals surface area (Å²) in [6, 6.07) is 0. The molecule has 0 saturated carbocycles. The summed E-state index contributed by atoms with van der Waals surface area (Å²) in [5.41, 5.74) is 5.44. The molecule has 0 aromatic heterocycles. The summed E-state index contributed by atoms with van der Waals surface area (Å²) >= 11 is 0. The largest absolute Gasteiger partial charge is 0.394 e. The van der Waals surface area contributed by atoms with Crippen LogP contribution in [0.4, 0.5) is 0 Å². The SMILES string of the molecule is CC1C(OCCCC(=O)CCCCCCCN)OC(CO)C(O)C1O. The van der Waals surface area contributed by atoms with Crippen LogP contribution >= 0.6 is 0 Å². The van der Waals surface area contributed by atoms with Crippen LogP contribution in [0.5, 0.6) is 0 Å². The fraction of sp³-hybridized carbons (Fsp3) is 0.944. The first-order valence-electron chi connectivity index (χ1n) is 9.47. The fourth-order valence-corrected chi connectivity index (χ4v) is 3.00. The molecule has 1 rings (SSSR count). The molecule has 0 radical (unpaired) electrons. The minimum atomic E-state index is -1.12. The zero-order chi connectivity index (χ0) is 18.7. The van der Waals surface area contributed by atoms with E-state index in [9.17, 15) is 20.1 Å². The Morgan fingerprint density at radius 1 is 1.04 bits per heavy atom. The normalized spacial score (nSPS) is 29.7. The van der Waals surface area contributed by atoms with Crippen LogP contribution in [0, 0.1) is 5.92 Å². The van der Waals surface area contributed by atoms with Gasteiger partial charge in [0.2, 0.25) is 0 Å². The molecule has 0 aromatic carbocycles.